The molecule has 1 amide bonds. The lowest BCUT2D eigenvalue weighted by Gasteiger charge is -2.09. The minimum Gasteiger partial charge on any atom is -0.456 e. The average Bonchev–Trinajstić information content (AvgIpc) is 2.94. The molecule has 1 aliphatic carbocycles. The SMILES string of the molecule is CCc1ccc(C(=O)NCC2CCC(N)C2)o1. The Labute approximate surface area is 102 Å². The van der Waals surface area contributed by atoms with Gasteiger partial charge in [0.05, 0.1) is 0 Å². The van der Waals surface area contributed by atoms with Crippen LogP contribution in [-0.4, -0.2) is 18.5 Å². The highest BCUT2D eigenvalue weighted by atomic mass is 16.3. The smallest absolute Gasteiger partial charge is 0.287 e. The van der Waals surface area contributed by atoms with Gasteiger partial charge in [0.1, 0.15) is 5.76 Å². The molecule has 0 spiro atoms. The van der Waals surface area contributed by atoms with E-state index in [0.29, 0.717) is 24.3 Å². The van der Waals surface area contributed by atoms with E-state index in [1.807, 2.05) is 13.0 Å². The zero-order valence-corrected chi connectivity index (χ0v) is 10.2. The summed E-state index contributed by atoms with van der Waals surface area (Å²) in [5.74, 6) is 1.65. The Bertz CT molecular complexity index is 387. The van der Waals surface area contributed by atoms with Crippen LogP contribution in [0.3, 0.4) is 0 Å². The molecule has 0 radical (unpaired) electrons. The number of amides is 1. The van der Waals surface area contributed by atoms with Crippen molar-refractivity contribution in [3.63, 3.8) is 0 Å². The number of furan rings is 1. The predicted molar refractivity (Wildman–Crippen MR) is 65.7 cm³/mol. The van der Waals surface area contributed by atoms with E-state index in [-0.39, 0.29) is 5.91 Å². The Morgan fingerprint density at radius 3 is 2.94 bits per heavy atom. The van der Waals surface area contributed by atoms with Crippen LogP contribution in [0.4, 0.5) is 0 Å². The summed E-state index contributed by atoms with van der Waals surface area (Å²) >= 11 is 0. The third-order valence-corrected chi connectivity index (χ3v) is 3.37. The number of nitrogens with two attached hydrogens (primary N) is 1. The first-order chi connectivity index (χ1) is 8.19. The minimum atomic E-state index is -0.120. The van der Waals surface area contributed by atoms with Gasteiger partial charge >= 0.3 is 0 Å². The Balaban J connectivity index is 1.81. The van der Waals surface area contributed by atoms with E-state index in [1.165, 1.54) is 0 Å². The van der Waals surface area contributed by atoms with Crippen LogP contribution < -0.4 is 11.1 Å². The molecule has 17 heavy (non-hydrogen) atoms. The van der Waals surface area contributed by atoms with Gasteiger partial charge in [-0.25, -0.2) is 0 Å². The van der Waals surface area contributed by atoms with Crippen molar-refractivity contribution in [2.45, 2.75) is 38.6 Å². The zero-order chi connectivity index (χ0) is 12.3. The first-order valence-corrected chi connectivity index (χ1v) is 6.31. The molecule has 4 nitrogen and oxygen atoms in total. The van der Waals surface area contributed by atoms with Crippen LogP contribution in [-0.2, 0) is 6.42 Å². The minimum absolute atomic E-state index is 0.120. The summed E-state index contributed by atoms with van der Waals surface area (Å²) in [5.41, 5.74) is 5.83. The molecule has 1 heterocycles. The van der Waals surface area contributed by atoms with E-state index < -0.39 is 0 Å². The first-order valence-electron chi connectivity index (χ1n) is 6.31. The highest BCUT2D eigenvalue weighted by molar-refractivity contribution is 5.91. The summed E-state index contributed by atoms with van der Waals surface area (Å²) in [6, 6.07) is 3.89. The van der Waals surface area contributed by atoms with Crippen LogP contribution in [0.1, 0.15) is 42.5 Å². The molecular formula is C13H20N2O2. The molecule has 1 fully saturated rings. The van der Waals surface area contributed by atoms with Crippen molar-refractivity contribution in [1.29, 1.82) is 0 Å². The lowest BCUT2D eigenvalue weighted by Crippen LogP contribution is -2.28. The molecule has 94 valence electrons. The molecule has 3 N–H and O–H groups in total. The molecule has 0 bridgehead atoms. The summed E-state index contributed by atoms with van der Waals surface area (Å²) in [5, 5.41) is 2.91. The van der Waals surface area contributed by atoms with E-state index in [0.717, 1.165) is 31.4 Å². The van der Waals surface area contributed by atoms with Gasteiger partial charge in [-0.3, -0.25) is 4.79 Å². The number of nitrogens with one attached hydrogen (secondary N) is 1. The van der Waals surface area contributed by atoms with Crippen LogP contribution in [0.15, 0.2) is 16.5 Å². The molecule has 1 aromatic heterocycles. The fourth-order valence-corrected chi connectivity index (χ4v) is 2.31. The van der Waals surface area contributed by atoms with Gasteiger partial charge in [-0.2, -0.15) is 0 Å². The standard InChI is InChI=1S/C13H20N2O2/c1-2-11-5-6-12(17-11)13(16)15-8-9-3-4-10(14)7-9/h5-6,9-10H,2-4,7-8,14H2,1H3,(H,15,16). The van der Waals surface area contributed by atoms with E-state index in [9.17, 15) is 4.79 Å². The van der Waals surface area contributed by atoms with Crippen molar-refractivity contribution in [2.24, 2.45) is 11.7 Å². The maximum Gasteiger partial charge on any atom is 0.287 e. The molecular weight excluding hydrogens is 216 g/mol. The predicted octanol–water partition coefficient (Wildman–Crippen LogP) is 1.70. The van der Waals surface area contributed by atoms with Gasteiger partial charge in [0, 0.05) is 19.0 Å². The molecule has 0 aliphatic heterocycles. The van der Waals surface area contributed by atoms with Gasteiger partial charge in [-0.15, -0.1) is 0 Å². The highest BCUT2D eigenvalue weighted by Gasteiger charge is 2.22. The fourth-order valence-electron chi connectivity index (χ4n) is 2.31. The summed E-state index contributed by atoms with van der Waals surface area (Å²) in [7, 11) is 0. The molecule has 2 atom stereocenters. The van der Waals surface area contributed by atoms with Crippen molar-refractivity contribution in [1.82, 2.24) is 5.32 Å². The lowest BCUT2D eigenvalue weighted by molar-refractivity contribution is 0.0918. The number of hydrogen-bond acceptors (Lipinski definition) is 3. The van der Waals surface area contributed by atoms with E-state index in [1.54, 1.807) is 6.07 Å². The van der Waals surface area contributed by atoms with Crippen LogP contribution in [0.25, 0.3) is 0 Å². The maximum absolute atomic E-state index is 11.8. The molecule has 0 aromatic carbocycles. The molecule has 2 unspecified atom stereocenters. The number of hydrogen-bond donors (Lipinski definition) is 2. The summed E-state index contributed by atoms with van der Waals surface area (Å²) in [6.07, 6.45) is 4.00. The second-order valence-electron chi connectivity index (χ2n) is 4.77. The summed E-state index contributed by atoms with van der Waals surface area (Å²) in [6.45, 7) is 2.70. The normalized spacial score (nSPS) is 23.9. The van der Waals surface area contributed by atoms with Gasteiger partial charge in [0.25, 0.3) is 5.91 Å². The molecule has 0 saturated heterocycles. The van der Waals surface area contributed by atoms with Gasteiger partial charge in [0.15, 0.2) is 5.76 Å². The molecule has 4 heteroatoms. The average molecular weight is 236 g/mol. The van der Waals surface area contributed by atoms with Crippen molar-refractivity contribution in [2.75, 3.05) is 6.54 Å². The summed E-state index contributed by atoms with van der Waals surface area (Å²) in [4.78, 5) is 11.8. The molecule has 1 saturated carbocycles. The van der Waals surface area contributed by atoms with E-state index in [4.69, 9.17) is 10.2 Å². The highest BCUT2D eigenvalue weighted by Crippen LogP contribution is 2.23. The Kier molecular flexibility index (Phi) is 3.84. The van der Waals surface area contributed by atoms with Crippen LogP contribution in [0.5, 0.6) is 0 Å². The molecule has 1 aromatic rings. The second-order valence-corrected chi connectivity index (χ2v) is 4.77. The molecule has 1 aliphatic rings. The topological polar surface area (TPSA) is 68.3 Å². The van der Waals surface area contributed by atoms with Crippen molar-refractivity contribution >= 4 is 5.91 Å². The van der Waals surface area contributed by atoms with Crippen molar-refractivity contribution in [3.05, 3.63) is 23.7 Å². The number of rotatable bonds is 4. The third-order valence-electron chi connectivity index (χ3n) is 3.37. The largest absolute Gasteiger partial charge is 0.456 e. The fraction of sp³-hybridized carbons (Fsp3) is 0.615. The van der Waals surface area contributed by atoms with Crippen LogP contribution in [0, 0.1) is 5.92 Å². The Morgan fingerprint density at radius 2 is 2.35 bits per heavy atom. The number of carbonyl (C=O) groups is 1. The van der Waals surface area contributed by atoms with Gasteiger partial charge in [-0.05, 0) is 37.3 Å². The number of aryl methyl sites for hydroxylation is 1. The number of carbonyl (C=O) groups excluding carboxylic acids is 1. The van der Waals surface area contributed by atoms with Crippen LogP contribution in [0.2, 0.25) is 0 Å². The zero-order valence-electron chi connectivity index (χ0n) is 10.2. The monoisotopic (exact) mass is 236 g/mol. The lowest BCUT2D eigenvalue weighted by atomic mass is 10.1. The molecule has 2 rings (SSSR count). The van der Waals surface area contributed by atoms with E-state index in [2.05, 4.69) is 5.32 Å². The quantitative estimate of drug-likeness (QED) is 0.836. The first kappa shape index (κ1) is 12.2. The maximum atomic E-state index is 11.8. The van der Waals surface area contributed by atoms with E-state index >= 15 is 0 Å². The third kappa shape index (κ3) is 3.09. The Morgan fingerprint density at radius 1 is 1.53 bits per heavy atom. The second kappa shape index (κ2) is 5.36. The van der Waals surface area contributed by atoms with Gasteiger partial charge in [0.2, 0.25) is 0 Å². The van der Waals surface area contributed by atoms with Crippen LogP contribution >= 0.6 is 0 Å². The Hall–Kier alpha value is -1.29. The summed E-state index contributed by atoms with van der Waals surface area (Å²) < 4.78 is 5.39. The van der Waals surface area contributed by atoms with Gasteiger partial charge in [-0.1, -0.05) is 6.92 Å². The van der Waals surface area contributed by atoms with Crippen molar-refractivity contribution < 1.29 is 9.21 Å². The van der Waals surface area contributed by atoms with Gasteiger partial charge < -0.3 is 15.5 Å². The van der Waals surface area contributed by atoms with Crippen molar-refractivity contribution in [3.8, 4) is 0 Å².